The Labute approximate surface area is 117 Å². The van der Waals surface area contributed by atoms with E-state index in [-0.39, 0.29) is 23.3 Å². The maximum absolute atomic E-state index is 11.7. The van der Waals surface area contributed by atoms with Crippen molar-refractivity contribution in [2.45, 2.75) is 20.0 Å². The molecule has 0 spiro atoms. The molecular weight excluding hydrogens is 262 g/mol. The van der Waals surface area contributed by atoms with E-state index in [2.05, 4.69) is 10.6 Å². The van der Waals surface area contributed by atoms with Crippen LogP contribution in [0.4, 0.5) is 11.4 Å². The predicted molar refractivity (Wildman–Crippen MR) is 76.1 cm³/mol. The molecule has 0 fully saturated rings. The summed E-state index contributed by atoms with van der Waals surface area (Å²) in [5.41, 5.74) is 0.507. The molecule has 110 valence electrons. The van der Waals surface area contributed by atoms with Crippen LogP contribution >= 0.6 is 0 Å². The summed E-state index contributed by atoms with van der Waals surface area (Å²) < 4.78 is 5.07. The quantitative estimate of drug-likeness (QED) is 0.587. The van der Waals surface area contributed by atoms with Crippen molar-refractivity contribution in [1.82, 2.24) is 5.32 Å². The lowest BCUT2D eigenvalue weighted by atomic mass is 10.1. The number of hydrogen-bond acceptors (Lipinski definition) is 5. The molecule has 7 nitrogen and oxygen atoms in total. The first-order valence-corrected chi connectivity index (χ1v) is 6.32. The Bertz CT molecular complexity index is 491. The van der Waals surface area contributed by atoms with E-state index < -0.39 is 4.92 Å². The molecule has 1 amide bonds. The second kappa shape index (κ2) is 7.44. The predicted octanol–water partition coefficient (Wildman–Crippen LogP) is 1.79. The summed E-state index contributed by atoms with van der Waals surface area (Å²) in [4.78, 5) is 22.2. The molecular formula is C13H19N3O4. The summed E-state index contributed by atoms with van der Waals surface area (Å²) in [6, 6.07) is 4.35. The van der Waals surface area contributed by atoms with Gasteiger partial charge in [0.25, 0.3) is 11.6 Å². The lowest BCUT2D eigenvalue weighted by Crippen LogP contribution is -2.23. The molecule has 7 heteroatoms. The minimum absolute atomic E-state index is 0.0716. The van der Waals surface area contributed by atoms with E-state index in [1.807, 2.05) is 6.92 Å². The van der Waals surface area contributed by atoms with Crippen LogP contribution in [-0.2, 0) is 4.74 Å². The second-order valence-electron chi connectivity index (χ2n) is 4.28. The Hall–Kier alpha value is -2.15. The van der Waals surface area contributed by atoms with Crippen molar-refractivity contribution < 1.29 is 14.5 Å². The van der Waals surface area contributed by atoms with Gasteiger partial charge in [0.1, 0.15) is 5.69 Å². The van der Waals surface area contributed by atoms with E-state index in [1.165, 1.54) is 12.1 Å². The highest BCUT2D eigenvalue weighted by atomic mass is 16.6. The largest absolute Gasteiger partial charge is 0.380 e. The van der Waals surface area contributed by atoms with E-state index in [0.717, 1.165) is 0 Å². The number of ether oxygens (including phenoxy) is 1. The standard InChI is InChI=1S/C13H19N3O4/c1-4-14-13(17)10-5-6-11(12(7-10)16(18)19)15-8-9(2)20-3/h5-7,9,15H,4,8H2,1-3H3,(H,14,17). The van der Waals surface area contributed by atoms with Gasteiger partial charge >= 0.3 is 0 Å². The molecule has 1 aromatic rings. The monoisotopic (exact) mass is 281 g/mol. The highest BCUT2D eigenvalue weighted by Gasteiger charge is 2.17. The molecule has 0 aliphatic carbocycles. The topological polar surface area (TPSA) is 93.5 Å². The summed E-state index contributed by atoms with van der Waals surface area (Å²) in [6.45, 7) is 4.55. The van der Waals surface area contributed by atoms with Gasteiger partial charge < -0.3 is 15.4 Å². The van der Waals surface area contributed by atoms with E-state index in [9.17, 15) is 14.9 Å². The first-order chi connectivity index (χ1) is 9.49. The Morgan fingerprint density at radius 1 is 1.50 bits per heavy atom. The molecule has 0 radical (unpaired) electrons. The number of nitro benzene ring substituents is 1. The highest BCUT2D eigenvalue weighted by Crippen LogP contribution is 2.25. The number of nitrogens with zero attached hydrogens (tertiary/aromatic N) is 1. The van der Waals surface area contributed by atoms with Gasteiger partial charge in [-0.05, 0) is 26.0 Å². The summed E-state index contributed by atoms with van der Waals surface area (Å²) in [7, 11) is 1.57. The van der Waals surface area contributed by atoms with Gasteiger partial charge in [-0.25, -0.2) is 0 Å². The fourth-order valence-corrected chi connectivity index (χ4v) is 1.57. The molecule has 2 N–H and O–H groups in total. The number of benzene rings is 1. The van der Waals surface area contributed by atoms with Gasteiger partial charge in [0, 0.05) is 31.8 Å². The van der Waals surface area contributed by atoms with Crippen molar-refractivity contribution in [2.75, 3.05) is 25.5 Å². The van der Waals surface area contributed by atoms with E-state index in [4.69, 9.17) is 4.74 Å². The number of carbonyl (C=O) groups excluding carboxylic acids is 1. The number of nitro groups is 1. The number of hydrogen-bond donors (Lipinski definition) is 2. The molecule has 0 saturated heterocycles. The van der Waals surface area contributed by atoms with Gasteiger partial charge in [-0.3, -0.25) is 14.9 Å². The van der Waals surface area contributed by atoms with E-state index in [0.29, 0.717) is 18.8 Å². The smallest absolute Gasteiger partial charge is 0.293 e. The maximum atomic E-state index is 11.7. The minimum Gasteiger partial charge on any atom is -0.380 e. The lowest BCUT2D eigenvalue weighted by Gasteiger charge is -2.12. The number of nitrogens with one attached hydrogen (secondary N) is 2. The van der Waals surface area contributed by atoms with Crippen LogP contribution in [0.2, 0.25) is 0 Å². The Kier molecular flexibility index (Phi) is 5.92. The first-order valence-electron chi connectivity index (χ1n) is 6.32. The van der Waals surface area contributed by atoms with Crippen molar-refractivity contribution in [3.63, 3.8) is 0 Å². The fourth-order valence-electron chi connectivity index (χ4n) is 1.57. The third kappa shape index (κ3) is 4.20. The number of rotatable bonds is 7. The molecule has 0 saturated carbocycles. The van der Waals surface area contributed by atoms with Crippen LogP contribution in [0.5, 0.6) is 0 Å². The van der Waals surface area contributed by atoms with Crippen molar-refractivity contribution in [3.05, 3.63) is 33.9 Å². The average Bonchev–Trinajstić information content (AvgIpc) is 2.44. The van der Waals surface area contributed by atoms with E-state index in [1.54, 1.807) is 20.1 Å². The van der Waals surface area contributed by atoms with Crippen molar-refractivity contribution in [1.29, 1.82) is 0 Å². The minimum atomic E-state index is -0.511. The Morgan fingerprint density at radius 2 is 2.20 bits per heavy atom. The van der Waals surface area contributed by atoms with E-state index >= 15 is 0 Å². The second-order valence-corrected chi connectivity index (χ2v) is 4.28. The summed E-state index contributed by atoms with van der Waals surface area (Å²) in [5, 5.41) is 16.6. The normalized spacial score (nSPS) is 11.8. The van der Waals surface area contributed by atoms with Gasteiger partial charge in [-0.15, -0.1) is 0 Å². The van der Waals surface area contributed by atoms with Crippen LogP contribution < -0.4 is 10.6 Å². The molecule has 1 rings (SSSR count). The van der Waals surface area contributed by atoms with Gasteiger partial charge in [0.2, 0.25) is 0 Å². The molecule has 0 bridgehead atoms. The van der Waals surface area contributed by atoms with Gasteiger partial charge in [0.05, 0.1) is 11.0 Å². The third-order valence-corrected chi connectivity index (χ3v) is 2.78. The van der Waals surface area contributed by atoms with Crippen LogP contribution in [0, 0.1) is 10.1 Å². The zero-order chi connectivity index (χ0) is 15.1. The van der Waals surface area contributed by atoms with Crippen LogP contribution in [0.25, 0.3) is 0 Å². The molecule has 20 heavy (non-hydrogen) atoms. The SMILES string of the molecule is CCNC(=O)c1ccc(NCC(C)OC)c([N+](=O)[O-])c1. The van der Waals surface area contributed by atoms with Gasteiger partial charge in [-0.1, -0.05) is 0 Å². The summed E-state index contributed by atoms with van der Waals surface area (Å²) in [6.07, 6.45) is -0.0716. The van der Waals surface area contributed by atoms with Crippen LogP contribution in [-0.4, -0.2) is 37.1 Å². The molecule has 1 atom stereocenters. The van der Waals surface area contributed by atoms with Crippen LogP contribution in [0.3, 0.4) is 0 Å². The third-order valence-electron chi connectivity index (χ3n) is 2.78. The number of anilines is 1. The molecule has 0 aliphatic heterocycles. The van der Waals surface area contributed by atoms with Gasteiger partial charge in [-0.2, -0.15) is 0 Å². The summed E-state index contributed by atoms with van der Waals surface area (Å²) in [5.74, 6) is -0.326. The number of methoxy groups -OCH3 is 1. The Morgan fingerprint density at radius 3 is 2.75 bits per heavy atom. The Balaban J connectivity index is 2.96. The highest BCUT2D eigenvalue weighted by molar-refractivity contribution is 5.95. The van der Waals surface area contributed by atoms with Crippen molar-refractivity contribution in [2.24, 2.45) is 0 Å². The molecule has 0 aromatic heterocycles. The summed E-state index contributed by atoms with van der Waals surface area (Å²) >= 11 is 0. The fraction of sp³-hybridized carbons (Fsp3) is 0.462. The maximum Gasteiger partial charge on any atom is 0.293 e. The lowest BCUT2D eigenvalue weighted by molar-refractivity contribution is -0.384. The number of carbonyl (C=O) groups is 1. The van der Waals surface area contributed by atoms with Crippen molar-refractivity contribution >= 4 is 17.3 Å². The van der Waals surface area contributed by atoms with Crippen LogP contribution in [0.15, 0.2) is 18.2 Å². The zero-order valence-electron chi connectivity index (χ0n) is 11.8. The van der Waals surface area contributed by atoms with Crippen LogP contribution in [0.1, 0.15) is 24.2 Å². The molecule has 0 aliphatic rings. The zero-order valence-corrected chi connectivity index (χ0v) is 11.8. The average molecular weight is 281 g/mol. The van der Waals surface area contributed by atoms with Crippen molar-refractivity contribution in [3.8, 4) is 0 Å². The molecule has 1 unspecified atom stereocenters. The van der Waals surface area contributed by atoms with Gasteiger partial charge in [0.15, 0.2) is 0 Å². The first kappa shape index (κ1) is 15.9. The number of amides is 1. The molecule has 1 aromatic carbocycles. The molecule has 0 heterocycles.